The van der Waals surface area contributed by atoms with Crippen molar-refractivity contribution in [1.82, 2.24) is 0 Å². The summed E-state index contributed by atoms with van der Waals surface area (Å²) in [5, 5.41) is 53.8. The van der Waals surface area contributed by atoms with Crippen molar-refractivity contribution in [2.75, 3.05) is 6.61 Å². The Morgan fingerprint density at radius 2 is 1.65 bits per heavy atom. The molecule has 1 saturated heterocycles. The second-order valence-corrected chi connectivity index (χ2v) is 17.3. The molecule has 4 saturated carbocycles. The molecule has 11 nitrogen and oxygen atoms in total. The highest BCUT2D eigenvalue weighted by Crippen LogP contribution is 2.87. The summed E-state index contributed by atoms with van der Waals surface area (Å²) in [7, 11) is 0. The molecule has 0 bridgehead atoms. The van der Waals surface area contributed by atoms with E-state index >= 15 is 0 Å². The molecule has 0 aromatic heterocycles. The smallest absolute Gasteiger partial charge is 0.303 e. The predicted octanol–water partition coefficient (Wildman–Crippen LogP) is 2.04. The molecule has 0 amide bonds. The Kier molecular flexibility index (Phi) is 7.47. The minimum atomic E-state index is -1.32. The largest absolute Gasteiger partial charge is 0.488 e. The summed E-state index contributed by atoms with van der Waals surface area (Å²) in [5.74, 6) is 0.493. The van der Waals surface area contributed by atoms with Crippen LogP contribution in [-0.4, -0.2) is 98.3 Å². The lowest BCUT2D eigenvalue weighted by Gasteiger charge is -2.63. The van der Waals surface area contributed by atoms with Crippen LogP contribution in [0.15, 0.2) is 11.3 Å². The average molecular weight is 650 g/mol. The molecule has 2 spiro atoms. The highest BCUT2D eigenvalue weighted by molar-refractivity contribution is 5.66. The molecule has 11 heteroatoms. The van der Waals surface area contributed by atoms with Gasteiger partial charge in [0.2, 0.25) is 0 Å². The molecular weight excluding hydrogens is 594 g/mol. The van der Waals surface area contributed by atoms with Crippen LogP contribution in [0.5, 0.6) is 0 Å². The summed E-state index contributed by atoms with van der Waals surface area (Å²) in [5.41, 5.74) is 5.90. The zero-order valence-electron chi connectivity index (χ0n) is 28.2. The summed E-state index contributed by atoms with van der Waals surface area (Å²) in [6, 6.07) is 0. The van der Waals surface area contributed by atoms with Crippen LogP contribution in [0.2, 0.25) is 0 Å². The van der Waals surface area contributed by atoms with Gasteiger partial charge in [0.15, 0.2) is 12.4 Å². The van der Waals surface area contributed by atoms with Gasteiger partial charge in [-0.25, -0.2) is 0 Å². The first-order valence-electron chi connectivity index (χ1n) is 17.4. The van der Waals surface area contributed by atoms with E-state index in [1.54, 1.807) is 13.8 Å². The van der Waals surface area contributed by atoms with E-state index in [1.165, 1.54) is 6.92 Å². The van der Waals surface area contributed by atoms with Gasteiger partial charge in [-0.05, 0) is 105 Å². The minimum absolute atomic E-state index is 0.00986. The van der Waals surface area contributed by atoms with Crippen molar-refractivity contribution in [3.63, 3.8) is 0 Å². The minimum Gasteiger partial charge on any atom is -0.488 e. The third-order valence-corrected chi connectivity index (χ3v) is 14.5. The highest BCUT2D eigenvalue weighted by atomic mass is 16.7. The Morgan fingerprint density at radius 1 is 0.978 bits per heavy atom. The number of ether oxygens (including phenoxy) is 4. The molecule has 7 aliphatic rings. The van der Waals surface area contributed by atoms with Crippen LogP contribution in [0, 0.1) is 33.5 Å². The van der Waals surface area contributed by atoms with Crippen molar-refractivity contribution in [2.45, 2.75) is 159 Å². The Balaban J connectivity index is 1.13. The lowest BCUT2D eigenvalue weighted by molar-refractivity contribution is -0.302. The van der Waals surface area contributed by atoms with Gasteiger partial charge in [-0.3, -0.25) is 4.79 Å². The number of rotatable bonds is 5. The summed E-state index contributed by atoms with van der Waals surface area (Å²) in [6.07, 6.45) is 0.360. The molecule has 0 aromatic carbocycles. The maximum Gasteiger partial charge on any atom is 0.303 e. The molecule has 46 heavy (non-hydrogen) atoms. The molecular formula is C35H55NO10. The number of fused-ring (bicyclic) bond motifs is 3. The Hall–Kier alpha value is -1.31. The molecule has 7 rings (SSSR count). The van der Waals surface area contributed by atoms with Gasteiger partial charge in [0.1, 0.15) is 36.3 Å². The molecule has 14 atom stereocenters. The third-order valence-electron chi connectivity index (χ3n) is 14.5. The summed E-state index contributed by atoms with van der Waals surface area (Å²) in [4.78, 5) is 11.9. The van der Waals surface area contributed by atoms with Crippen LogP contribution in [0.4, 0.5) is 0 Å². The molecule has 5 fully saturated rings. The number of aliphatic hydroxyl groups is 5. The van der Waals surface area contributed by atoms with Gasteiger partial charge in [0.25, 0.3) is 0 Å². The lowest BCUT2D eigenvalue weighted by Crippen LogP contribution is -2.70. The number of esters is 1. The fraction of sp³-hybridized carbons (Fsp3) is 0.914. The van der Waals surface area contributed by atoms with Gasteiger partial charge in [-0.2, -0.15) is 0 Å². The van der Waals surface area contributed by atoms with Crippen molar-refractivity contribution in [2.24, 2.45) is 39.2 Å². The highest BCUT2D eigenvalue weighted by Gasteiger charge is 2.84. The summed E-state index contributed by atoms with van der Waals surface area (Å²) < 4.78 is 24.1. The lowest BCUT2D eigenvalue weighted by atomic mass is 9.44. The van der Waals surface area contributed by atoms with Crippen molar-refractivity contribution in [3.05, 3.63) is 11.3 Å². The number of hydrogen-bond donors (Lipinski definition) is 6. The standard InChI is InChI=1S/C35H55NO10/c1-17(37)44-28(31(4,5)42)20-8-7-18-26(45-20)27(41)35(36)22-10-9-21-30(2,3)23(46-29-25(40)24(39)19(38)15-43-29)11-12-33(21)16-34(22,33)14-13-32(18,35)6/h19-25,27-29,38-42H,7-16,36H2,1-6H3. The van der Waals surface area contributed by atoms with Gasteiger partial charge < -0.3 is 50.2 Å². The van der Waals surface area contributed by atoms with Crippen molar-refractivity contribution >= 4 is 5.97 Å². The molecule has 7 N–H and O–H groups in total. The van der Waals surface area contributed by atoms with E-state index in [9.17, 15) is 30.3 Å². The van der Waals surface area contributed by atoms with E-state index in [4.69, 9.17) is 24.7 Å². The van der Waals surface area contributed by atoms with Gasteiger partial charge >= 0.3 is 5.97 Å². The van der Waals surface area contributed by atoms with Crippen molar-refractivity contribution < 1.29 is 49.3 Å². The first kappa shape index (κ1) is 33.2. The number of aliphatic hydroxyl groups excluding tert-OH is 4. The predicted molar refractivity (Wildman–Crippen MR) is 165 cm³/mol. The molecule has 2 heterocycles. The SMILES string of the molecule is CC(=O)OC(C1CCC2=C(O1)C(O)C1(N)C3CCC4C(C)(C)C(OC5OCC(O)C(O)C5O)CCC45CC35CCC21C)C(C)(C)O. The van der Waals surface area contributed by atoms with Crippen LogP contribution < -0.4 is 5.73 Å². The Labute approximate surface area is 271 Å². The van der Waals surface area contributed by atoms with E-state index in [0.717, 1.165) is 50.5 Å². The molecule has 2 aliphatic heterocycles. The van der Waals surface area contributed by atoms with Crippen LogP contribution in [0.3, 0.4) is 0 Å². The number of carbonyl (C=O) groups is 1. The van der Waals surface area contributed by atoms with Gasteiger partial charge in [-0.1, -0.05) is 20.8 Å². The topological polar surface area (TPSA) is 181 Å². The van der Waals surface area contributed by atoms with Crippen LogP contribution in [0.25, 0.3) is 0 Å². The first-order chi connectivity index (χ1) is 21.3. The maximum atomic E-state index is 12.2. The number of hydrogen-bond acceptors (Lipinski definition) is 11. The van der Waals surface area contributed by atoms with Crippen molar-refractivity contribution in [3.8, 4) is 0 Å². The van der Waals surface area contributed by atoms with Gasteiger partial charge in [0.05, 0.1) is 23.9 Å². The summed E-state index contributed by atoms with van der Waals surface area (Å²) in [6.45, 7) is 11.2. The second kappa shape index (κ2) is 10.4. The van der Waals surface area contributed by atoms with E-state index in [0.29, 0.717) is 24.5 Å². The molecule has 14 unspecified atom stereocenters. The fourth-order valence-corrected chi connectivity index (χ4v) is 12.2. The van der Waals surface area contributed by atoms with E-state index in [2.05, 4.69) is 20.8 Å². The molecule has 0 radical (unpaired) electrons. The zero-order valence-corrected chi connectivity index (χ0v) is 28.2. The van der Waals surface area contributed by atoms with Gasteiger partial charge in [-0.15, -0.1) is 0 Å². The van der Waals surface area contributed by atoms with Crippen LogP contribution in [-0.2, 0) is 23.7 Å². The van der Waals surface area contributed by atoms with Gasteiger partial charge in [0, 0.05) is 12.3 Å². The summed E-state index contributed by atoms with van der Waals surface area (Å²) >= 11 is 0. The maximum absolute atomic E-state index is 12.2. The second-order valence-electron chi connectivity index (χ2n) is 17.3. The van der Waals surface area contributed by atoms with E-state index in [1.807, 2.05) is 0 Å². The first-order valence-corrected chi connectivity index (χ1v) is 17.4. The number of nitrogens with two attached hydrogens (primary N) is 1. The molecule has 260 valence electrons. The molecule has 0 aromatic rings. The third kappa shape index (κ3) is 4.21. The van der Waals surface area contributed by atoms with Crippen molar-refractivity contribution in [1.29, 1.82) is 0 Å². The molecule has 5 aliphatic carbocycles. The van der Waals surface area contributed by atoms with Crippen LogP contribution >= 0.6 is 0 Å². The normalized spacial score (nSPS) is 51.4. The quantitative estimate of drug-likeness (QED) is 0.190. The zero-order chi connectivity index (χ0) is 33.4. The van der Waals surface area contributed by atoms with Crippen LogP contribution in [0.1, 0.15) is 99.3 Å². The number of carbonyl (C=O) groups excluding carboxylic acids is 1. The fourth-order valence-electron chi connectivity index (χ4n) is 12.2. The monoisotopic (exact) mass is 649 g/mol. The van der Waals surface area contributed by atoms with E-state index < -0.39 is 65.4 Å². The average Bonchev–Trinajstić information content (AvgIpc) is 3.61. The Morgan fingerprint density at radius 3 is 2.33 bits per heavy atom. The Bertz CT molecular complexity index is 1300. The van der Waals surface area contributed by atoms with E-state index in [-0.39, 0.29) is 34.9 Å².